The number of fused-ring (bicyclic) bond motifs is 1. The molecule has 2 aromatic carbocycles. The summed E-state index contributed by atoms with van der Waals surface area (Å²) in [4.78, 5) is 11.1. The van der Waals surface area contributed by atoms with Crippen LogP contribution in [-0.4, -0.2) is 18.3 Å². The number of urea groups is 1. The minimum atomic E-state index is -0.623. The first-order valence-electron chi connectivity index (χ1n) is 5.92. The molecule has 0 fully saturated rings. The van der Waals surface area contributed by atoms with Crippen LogP contribution in [-0.2, 0) is 0 Å². The summed E-state index contributed by atoms with van der Waals surface area (Å²) in [5.41, 5.74) is 2.51. The Bertz CT molecular complexity index is 598. The largest absolute Gasteiger partial charge is 0.497 e. The van der Waals surface area contributed by atoms with Crippen molar-refractivity contribution in [2.75, 3.05) is 7.11 Å². The zero-order valence-electron chi connectivity index (χ0n) is 10.8. The zero-order valence-corrected chi connectivity index (χ0v) is 10.8. The highest BCUT2D eigenvalue weighted by molar-refractivity contribution is 5.84. The van der Waals surface area contributed by atoms with Gasteiger partial charge in [-0.2, -0.15) is 0 Å². The van der Waals surface area contributed by atoms with Crippen molar-refractivity contribution in [2.45, 2.75) is 13.0 Å². The Labute approximate surface area is 111 Å². The van der Waals surface area contributed by atoms with Crippen LogP contribution in [0.1, 0.15) is 18.5 Å². The smallest absolute Gasteiger partial charge is 0.338 e. The zero-order chi connectivity index (χ0) is 13.8. The minimum Gasteiger partial charge on any atom is -0.497 e. The molecule has 19 heavy (non-hydrogen) atoms. The van der Waals surface area contributed by atoms with Crippen LogP contribution in [0.4, 0.5) is 4.79 Å². The topological polar surface area (TPSA) is 70.6 Å². The number of ether oxygens (including phenoxy) is 1. The molecule has 0 saturated heterocycles. The van der Waals surface area contributed by atoms with Crippen molar-refractivity contribution in [1.29, 1.82) is 0 Å². The van der Waals surface area contributed by atoms with Gasteiger partial charge >= 0.3 is 6.03 Å². The molecule has 0 unspecified atom stereocenters. The number of hydrogen-bond acceptors (Lipinski definition) is 3. The number of amides is 2. The van der Waals surface area contributed by atoms with Crippen molar-refractivity contribution in [3.63, 3.8) is 0 Å². The molecule has 1 atom stereocenters. The van der Waals surface area contributed by atoms with Crippen molar-refractivity contribution in [2.24, 2.45) is 0 Å². The van der Waals surface area contributed by atoms with E-state index in [1.54, 1.807) is 12.6 Å². The van der Waals surface area contributed by atoms with Gasteiger partial charge in [-0.3, -0.25) is 5.21 Å². The first-order valence-corrected chi connectivity index (χ1v) is 5.92. The molecular formula is C14H16N2O3. The number of carbonyl (C=O) groups excluding carboxylic acids is 1. The molecule has 2 amide bonds. The lowest BCUT2D eigenvalue weighted by Gasteiger charge is -2.14. The first-order chi connectivity index (χ1) is 9.13. The Morgan fingerprint density at radius 3 is 2.58 bits per heavy atom. The highest BCUT2D eigenvalue weighted by Gasteiger charge is 2.09. The van der Waals surface area contributed by atoms with E-state index < -0.39 is 6.03 Å². The molecule has 0 aliphatic heterocycles. The van der Waals surface area contributed by atoms with Crippen LogP contribution in [0.25, 0.3) is 10.8 Å². The molecule has 0 aromatic heterocycles. The van der Waals surface area contributed by atoms with E-state index in [9.17, 15) is 4.79 Å². The van der Waals surface area contributed by atoms with Gasteiger partial charge in [-0.15, -0.1) is 0 Å². The summed E-state index contributed by atoms with van der Waals surface area (Å²) in [5.74, 6) is 0.811. The van der Waals surface area contributed by atoms with Crippen LogP contribution in [0.2, 0.25) is 0 Å². The summed E-state index contributed by atoms with van der Waals surface area (Å²) in [6.07, 6.45) is 0. The second kappa shape index (κ2) is 5.58. The Kier molecular flexibility index (Phi) is 3.87. The first kappa shape index (κ1) is 13.2. The highest BCUT2D eigenvalue weighted by atomic mass is 16.5. The number of hydroxylamine groups is 1. The van der Waals surface area contributed by atoms with Gasteiger partial charge in [0.05, 0.1) is 13.2 Å². The normalized spacial score (nSPS) is 11.9. The third-order valence-electron chi connectivity index (χ3n) is 3.02. The predicted octanol–water partition coefficient (Wildman–Crippen LogP) is 2.60. The molecule has 0 bridgehead atoms. The van der Waals surface area contributed by atoms with Gasteiger partial charge in [0.25, 0.3) is 0 Å². The van der Waals surface area contributed by atoms with Gasteiger partial charge in [0, 0.05) is 0 Å². The Morgan fingerprint density at radius 2 is 1.89 bits per heavy atom. The fourth-order valence-electron chi connectivity index (χ4n) is 1.95. The number of methoxy groups -OCH3 is 1. The maximum absolute atomic E-state index is 11.1. The van der Waals surface area contributed by atoms with Crippen molar-refractivity contribution < 1.29 is 14.7 Å². The predicted molar refractivity (Wildman–Crippen MR) is 72.4 cm³/mol. The lowest BCUT2D eigenvalue weighted by molar-refractivity contribution is 0.159. The fourth-order valence-corrected chi connectivity index (χ4v) is 1.95. The van der Waals surface area contributed by atoms with Crippen molar-refractivity contribution in [1.82, 2.24) is 10.8 Å². The van der Waals surface area contributed by atoms with Crippen LogP contribution in [0, 0.1) is 0 Å². The van der Waals surface area contributed by atoms with Crippen molar-refractivity contribution in [3.8, 4) is 5.75 Å². The van der Waals surface area contributed by atoms with Gasteiger partial charge in [0.1, 0.15) is 5.75 Å². The summed E-state index contributed by atoms with van der Waals surface area (Å²) in [6, 6.07) is 10.9. The minimum absolute atomic E-state index is 0.196. The summed E-state index contributed by atoms with van der Waals surface area (Å²) in [7, 11) is 1.63. The van der Waals surface area contributed by atoms with Gasteiger partial charge in [0.15, 0.2) is 0 Å². The number of rotatable bonds is 3. The average Bonchev–Trinajstić information content (AvgIpc) is 2.45. The summed E-state index contributed by atoms with van der Waals surface area (Å²) >= 11 is 0. The summed E-state index contributed by atoms with van der Waals surface area (Å²) in [6.45, 7) is 1.85. The third kappa shape index (κ3) is 2.95. The van der Waals surface area contributed by atoms with Crippen LogP contribution in [0.3, 0.4) is 0 Å². The van der Waals surface area contributed by atoms with E-state index in [1.165, 1.54) is 0 Å². The molecule has 3 N–H and O–H groups in total. The second-order valence-electron chi connectivity index (χ2n) is 4.28. The van der Waals surface area contributed by atoms with Crippen LogP contribution in [0.15, 0.2) is 36.4 Å². The second-order valence-corrected chi connectivity index (χ2v) is 4.28. The van der Waals surface area contributed by atoms with E-state index in [0.29, 0.717) is 0 Å². The van der Waals surface area contributed by atoms with E-state index >= 15 is 0 Å². The van der Waals surface area contributed by atoms with E-state index in [1.807, 2.05) is 43.3 Å². The van der Waals surface area contributed by atoms with Gasteiger partial charge in [-0.05, 0) is 41.5 Å². The Morgan fingerprint density at radius 1 is 1.21 bits per heavy atom. The lowest BCUT2D eigenvalue weighted by Crippen LogP contribution is -2.34. The van der Waals surface area contributed by atoms with Crippen LogP contribution < -0.4 is 15.5 Å². The van der Waals surface area contributed by atoms with Gasteiger partial charge in [0.2, 0.25) is 0 Å². The molecule has 0 aliphatic rings. The summed E-state index contributed by atoms with van der Waals surface area (Å²) in [5, 5.41) is 13.2. The highest BCUT2D eigenvalue weighted by Crippen LogP contribution is 2.24. The van der Waals surface area contributed by atoms with E-state index in [-0.39, 0.29) is 6.04 Å². The monoisotopic (exact) mass is 260 g/mol. The maximum atomic E-state index is 11.1. The fraction of sp³-hybridized carbons (Fsp3) is 0.214. The molecule has 0 aliphatic carbocycles. The third-order valence-corrected chi connectivity index (χ3v) is 3.02. The molecule has 2 rings (SSSR count). The number of carbonyl (C=O) groups is 1. The number of hydrogen-bond donors (Lipinski definition) is 3. The molecule has 2 aromatic rings. The number of benzene rings is 2. The Hall–Kier alpha value is -2.27. The quantitative estimate of drug-likeness (QED) is 0.587. The van der Waals surface area contributed by atoms with Gasteiger partial charge in [-0.25, -0.2) is 10.3 Å². The number of nitrogens with one attached hydrogen (secondary N) is 2. The molecule has 100 valence electrons. The molecule has 0 heterocycles. The standard InChI is InChI=1S/C14H16N2O3/c1-9(15-14(17)16-18)10-3-4-12-8-13(19-2)6-5-11(12)7-10/h3-9,18H,1-2H3,(H2,15,16,17)/t9-/m1/s1. The van der Waals surface area contributed by atoms with E-state index in [4.69, 9.17) is 9.94 Å². The SMILES string of the molecule is COc1ccc2cc([C@@H](C)NC(=O)NO)ccc2c1. The average molecular weight is 260 g/mol. The van der Waals surface area contributed by atoms with Crippen LogP contribution >= 0.6 is 0 Å². The van der Waals surface area contributed by atoms with E-state index in [0.717, 1.165) is 22.1 Å². The van der Waals surface area contributed by atoms with Gasteiger partial charge in [-0.1, -0.05) is 18.2 Å². The molecule has 5 nitrogen and oxygen atoms in total. The van der Waals surface area contributed by atoms with Crippen LogP contribution in [0.5, 0.6) is 5.75 Å². The molecule has 5 heteroatoms. The van der Waals surface area contributed by atoms with Crippen molar-refractivity contribution >= 4 is 16.8 Å². The molecular weight excluding hydrogens is 244 g/mol. The lowest BCUT2D eigenvalue weighted by atomic mass is 10.0. The van der Waals surface area contributed by atoms with Crippen molar-refractivity contribution in [3.05, 3.63) is 42.0 Å². The maximum Gasteiger partial charge on any atom is 0.338 e. The molecule has 0 saturated carbocycles. The molecule has 0 spiro atoms. The Balaban J connectivity index is 2.28. The van der Waals surface area contributed by atoms with E-state index in [2.05, 4.69) is 5.32 Å². The summed E-state index contributed by atoms with van der Waals surface area (Å²) < 4.78 is 5.17. The van der Waals surface area contributed by atoms with Gasteiger partial charge < -0.3 is 10.1 Å². The molecule has 0 radical (unpaired) electrons.